The highest BCUT2D eigenvalue weighted by molar-refractivity contribution is 6.81. The third kappa shape index (κ3) is 1.88. The fourth-order valence-corrected chi connectivity index (χ4v) is 2.67. The molecule has 0 saturated carbocycles. The number of hydrogen-bond donors (Lipinski definition) is 1. The molecule has 0 atom stereocenters. The van der Waals surface area contributed by atoms with E-state index in [4.69, 9.17) is 0 Å². The minimum atomic E-state index is 0.217. The van der Waals surface area contributed by atoms with E-state index in [0.29, 0.717) is 0 Å². The van der Waals surface area contributed by atoms with Gasteiger partial charge in [-0.2, -0.15) is 0 Å². The van der Waals surface area contributed by atoms with Gasteiger partial charge in [0.1, 0.15) is 0 Å². The number of rotatable bonds is 1. The number of hydrogen-bond acceptors (Lipinski definition) is 2. The van der Waals surface area contributed by atoms with Gasteiger partial charge in [0.25, 0.3) is 0 Å². The Labute approximate surface area is 118 Å². The molecule has 3 heteroatoms. The van der Waals surface area contributed by atoms with Gasteiger partial charge in [0.15, 0.2) is 0 Å². The molecule has 0 unspecified atom stereocenters. The molecule has 0 fully saturated rings. The minimum Gasteiger partial charge on any atom is -0.420 e. The molecule has 0 radical (unpaired) electrons. The zero-order valence-corrected chi connectivity index (χ0v) is 11.0. The van der Waals surface area contributed by atoms with Crippen LogP contribution in [-0.2, 0) is 0 Å². The first-order valence-corrected chi connectivity index (χ1v) is 6.79. The quantitative estimate of drug-likeness (QED) is 0.676. The van der Waals surface area contributed by atoms with Gasteiger partial charge in [0.2, 0.25) is 0 Å². The lowest BCUT2D eigenvalue weighted by molar-refractivity contribution is 1.42. The van der Waals surface area contributed by atoms with Crippen LogP contribution in [0.4, 0.5) is 5.69 Å². The van der Waals surface area contributed by atoms with Crippen LogP contribution in [-0.4, -0.2) is 11.8 Å². The van der Waals surface area contributed by atoms with E-state index in [2.05, 4.69) is 70.8 Å². The zero-order chi connectivity index (χ0) is 13.4. The molecule has 0 aliphatic carbocycles. The minimum absolute atomic E-state index is 0.217. The van der Waals surface area contributed by atoms with Gasteiger partial charge in [-0.15, -0.1) is 0 Å². The van der Waals surface area contributed by atoms with Crippen LogP contribution in [0.1, 0.15) is 5.56 Å². The number of pyridine rings is 1. The summed E-state index contributed by atoms with van der Waals surface area (Å²) in [6.07, 6.45) is 4.01. The maximum Gasteiger partial charge on any atom is 0.313 e. The molecule has 4 rings (SSSR count). The van der Waals surface area contributed by atoms with Crippen LogP contribution in [0.2, 0.25) is 0 Å². The Morgan fingerprint density at radius 2 is 1.90 bits per heavy atom. The molecule has 1 aliphatic heterocycles. The van der Waals surface area contributed by atoms with Gasteiger partial charge >= 0.3 is 6.85 Å². The van der Waals surface area contributed by atoms with Crippen LogP contribution in [0.5, 0.6) is 0 Å². The summed E-state index contributed by atoms with van der Waals surface area (Å²) >= 11 is 0. The standard InChI is InChI=1S/C17H13BN2/c1-2-6-17-13(4-1)9-10-18(20-17)15-7-8-16-14(12-15)5-3-11-19-16/h1-12,20H. The third-order valence-electron chi connectivity index (χ3n) is 3.73. The van der Waals surface area contributed by atoms with Crippen molar-refractivity contribution in [2.45, 2.75) is 0 Å². The topological polar surface area (TPSA) is 24.9 Å². The molecule has 2 aromatic carbocycles. The second-order valence-electron chi connectivity index (χ2n) is 5.02. The van der Waals surface area contributed by atoms with Crippen molar-refractivity contribution in [3.05, 3.63) is 72.3 Å². The summed E-state index contributed by atoms with van der Waals surface area (Å²) in [6, 6.07) is 18.9. The molecule has 1 N–H and O–H groups in total. The first-order valence-electron chi connectivity index (χ1n) is 6.79. The summed E-state index contributed by atoms with van der Waals surface area (Å²) in [5.74, 6) is 2.21. The molecule has 1 aromatic heterocycles. The van der Waals surface area contributed by atoms with Crippen molar-refractivity contribution in [1.29, 1.82) is 0 Å². The Bertz CT molecular complexity index is 811. The lowest BCUT2D eigenvalue weighted by Crippen LogP contribution is -2.38. The summed E-state index contributed by atoms with van der Waals surface area (Å²) in [5.41, 5.74) is 4.73. The molecule has 2 nitrogen and oxygen atoms in total. The second kappa shape index (κ2) is 4.53. The zero-order valence-electron chi connectivity index (χ0n) is 11.0. The molecule has 0 saturated heterocycles. The van der Waals surface area contributed by atoms with Gasteiger partial charge in [-0.1, -0.05) is 53.9 Å². The molecule has 1 aliphatic rings. The highest BCUT2D eigenvalue weighted by atomic mass is 14.8. The van der Waals surface area contributed by atoms with Gasteiger partial charge in [-0.25, -0.2) is 0 Å². The van der Waals surface area contributed by atoms with E-state index < -0.39 is 0 Å². The second-order valence-corrected chi connectivity index (χ2v) is 5.02. The number of aromatic nitrogens is 1. The molecule has 0 bridgehead atoms. The highest BCUT2D eigenvalue weighted by Gasteiger charge is 2.18. The van der Waals surface area contributed by atoms with Crippen molar-refractivity contribution < 1.29 is 0 Å². The van der Waals surface area contributed by atoms with Crippen LogP contribution < -0.4 is 10.7 Å². The van der Waals surface area contributed by atoms with Gasteiger partial charge in [-0.05, 0) is 29.1 Å². The van der Waals surface area contributed by atoms with Crippen LogP contribution in [0, 0.1) is 0 Å². The molecule has 0 amide bonds. The van der Waals surface area contributed by atoms with E-state index in [1.54, 1.807) is 0 Å². The van der Waals surface area contributed by atoms with Crippen molar-refractivity contribution >= 4 is 35.0 Å². The fraction of sp³-hybridized carbons (Fsp3) is 0. The van der Waals surface area contributed by atoms with Gasteiger partial charge < -0.3 is 5.23 Å². The van der Waals surface area contributed by atoms with Gasteiger partial charge in [0.05, 0.1) is 5.52 Å². The maximum atomic E-state index is 4.36. The predicted molar refractivity (Wildman–Crippen MR) is 86.2 cm³/mol. The van der Waals surface area contributed by atoms with E-state index in [1.165, 1.54) is 22.1 Å². The van der Waals surface area contributed by atoms with Crippen LogP contribution in [0.25, 0.3) is 17.0 Å². The molecular weight excluding hydrogens is 243 g/mol. The van der Waals surface area contributed by atoms with Crippen LogP contribution in [0.15, 0.2) is 66.8 Å². The first-order chi connectivity index (χ1) is 9.90. The number of fused-ring (bicyclic) bond motifs is 2. The maximum absolute atomic E-state index is 4.36. The van der Waals surface area contributed by atoms with Crippen molar-refractivity contribution in [2.24, 2.45) is 0 Å². The SMILES string of the molecule is C1=Cc2ccccc2NB1c1ccc2ncccc2c1. The van der Waals surface area contributed by atoms with Crippen molar-refractivity contribution in [2.75, 3.05) is 5.23 Å². The van der Waals surface area contributed by atoms with Crippen LogP contribution in [0.3, 0.4) is 0 Å². The van der Waals surface area contributed by atoms with E-state index in [-0.39, 0.29) is 6.85 Å². The summed E-state index contributed by atoms with van der Waals surface area (Å²) in [4.78, 5) is 4.36. The van der Waals surface area contributed by atoms with E-state index in [0.717, 1.165) is 5.52 Å². The molecule has 2 heterocycles. The Balaban J connectivity index is 1.74. The average molecular weight is 256 g/mol. The van der Waals surface area contributed by atoms with Crippen molar-refractivity contribution in [3.63, 3.8) is 0 Å². The Morgan fingerprint density at radius 3 is 2.90 bits per heavy atom. The van der Waals surface area contributed by atoms with E-state index >= 15 is 0 Å². The number of nitrogens with one attached hydrogen (secondary N) is 1. The monoisotopic (exact) mass is 256 g/mol. The van der Waals surface area contributed by atoms with Crippen molar-refractivity contribution in [3.8, 4) is 0 Å². The lowest BCUT2D eigenvalue weighted by atomic mass is 9.54. The number of benzene rings is 2. The molecule has 94 valence electrons. The molecule has 3 aromatic rings. The third-order valence-corrected chi connectivity index (χ3v) is 3.73. The highest BCUT2D eigenvalue weighted by Crippen LogP contribution is 2.21. The summed E-state index contributed by atoms with van der Waals surface area (Å²) in [5, 5.41) is 4.75. The predicted octanol–water partition coefficient (Wildman–Crippen LogP) is 3.11. The Kier molecular flexibility index (Phi) is 2.56. The largest absolute Gasteiger partial charge is 0.420 e. The lowest BCUT2D eigenvalue weighted by Gasteiger charge is -2.20. The van der Waals surface area contributed by atoms with Gasteiger partial charge in [0, 0.05) is 11.9 Å². The van der Waals surface area contributed by atoms with E-state index in [1.807, 2.05) is 12.3 Å². The molecule has 20 heavy (non-hydrogen) atoms. The molecule has 0 spiro atoms. The van der Waals surface area contributed by atoms with Crippen molar-refractivity contribution in [1.82, 2.24) is 4.98 Å². The average Bonchev–Trinajstić information content (AvgIpc) is 2.54. The van der Waals surface area contributed by atoms with Crippen LogP contribution >= 0.6 is 0 Å². The Morgan fingerprint density at radius 1 is 0.950 bits per heavy atom. The number of anilines is 1. The number of para-hydroxylation sites is 1. The normalized spacial score (nSPS) is 13.1. The fourth-order valence-electron chi connectivity index (χ4n) is 2.67. The smallest absolute Gasteiger partial charge is 0.313 e. The van der Waals surface area contributed by atoms with Gasteiger partial charge in [-0.3, -0.25) is 4.98 Å². The number of nitrogens with zero attached hydrogens (tertiary/aromatic N) is 1. The molecular formula is C17H13BN2. The summed E-state index contributed by atoms with van der Waals surface area (Å²) < 4.78 is 0. The summed E-state index contributed by atoms with van der Waals surface area (Å²) in [6.45, 7) is 0.217. The summed E-state index contributed by atoms with van der Waals surface area (Å²) in [7, 11) is 0. The van der Waals surface area contributed by atoms with E-state index in [9.17, 15) is 0 Å². The first kappa shape index (κ1) is 11.3. The Hall–Kier alpha value is -2.55.